The van der Waals surface area contributed by atoms with Crippen LogP contribution in [0.1, 0.15) is 26.0 Å². The third kappa shape index (κ3) is 3.02. The highest BCUT2D eigenvalue weighted by molar-refractivity contribution is 7.07. The Hall–Kier alpha value is -0.940. The van der Waals surface area contributed by atoms with Gasteiger partial charge in [0, 0.05) is 18.3 Å². The smallest absolute Gasteiger partial charge is 0.311 e. The first-order chi connectivity index (χ1) is 7.50. The Morgan fingerprint density at radius 2 is 2.38 bits per heavy atom. The fraction of sp³-hybridized carbons (Fsp3) is 0.636. The summed E-state index contributed by atoms with van der Waals surface area (Å²) in [5, 5.41) is 11.2. The van der Waals surface area contributed by atoms with Crippen LogP contribution in [0.25, 0.3) is 0 Å². The summed E-state index contributed by atoms with van der Waals surface area (Å²) in [6, 6.07) is 0. The number of carboxylic acids is 1. The fourth-order valence-corrected chi connectivity index (χ4v) is 2.49. The topological polar surface area (TPSA) is 76.2 Å². The minimum Gasteiger partial charge on any atom is -0.481 e. The molecule has 0 aromatic carbocycles. The molecule has 16 heavy (non-hydrogen) atoms. The molecule has 90 valence electrons. The van der Waals surface area contributed by atoms with Gasteiger partial charge in [-0.25, -0.2) is 4.98 Å². The molecular formula is C11H18N2O2S. The first kappa shape index (κ1) is 13.1. The third-order valence-corrected chi connectivity index (χ3v) is 3.28. The van der Waals surface area contributed by atoms with Gasteiger partial charge in [0.15, 0.2) is 0 Å². The molecule has 0 aliphatic rings. The quantitative estimate of drug-likeness (QED) is 0.797. The van der Waals surface area contributed by atoms with E-state index in [0.717, 1.165) is 5.69 Å². The van der Waals surface area contributed by atoms with E-state index in [0.29, 0.717) is 18.8 Å². The van der Waals surface area contributed by atoms with E-state index in [1.807, 2.05) is 19.2 Å². The zero-order valence-corrected chi connectivity index (χ0v) is 10.5. The van der Waals surface area contributed by atoms with Crippen LogP contribution in [0.5, 0.6) is 0 Å². The molecule has 1 aromatic heterocycles. The Balaban J connectivity index is 2.89. The van der Waals surface area contributed by atoms with Crippen LogP contribution >= 0.6 is 11.3 Å². The number of aliphatic carboxylic acids is 1. The lowest BCUT2D eigenvalue weighted by Gasteiger charge is -2.28. The molecule has 5 heteroatoms. The van der Waals surface area contributed by atoms with E-state index < -0.39 is 11.4 Å². The maximum atomic E-state index is 11.4. The molecule has 0 aliphatic carbocycles. The Morgan fingerprint density at radius 1 is 1.69 bits per heavy atom. The molecule has 0 spiro atoms. The Kier molecular flexibility index (Phi) is 4.44. The average molecular weight is 242 g/mol. The summed E-state index contributed by atoms with van der Waals surface area (Å²) in [4.78, 5) is 15.5. The van der Waals surface area contributed by atoms with Crippen molar-refractivity contribution in [3.8, 4) is 0 Å². The molecule has 0 radical (unpaired) electrons. The summed E-state index contributed by atoms with van der Waals surface area (Å²) in [5.41, 5.74) is 7.33. The zero-order valence-electron chi connectivity index (χ0n) is 9.64. The van der Waals surface area contributed by atoms with Crippen LogP contribution < -0.4 is 5.73 Å². The first-order valence-electron chi connectivity index (χ1n) is 5.31. The van der Waals surface area contributed by atoms with Crippen LogP contribution in [0.15, 0.2) is 10.9 Å². The van der Waals surface area contributed by atoms with Crippen molar-refractivity contribution in [2.24, 2.45) is 17.1 Å². The van der Waals surface area contributed by atoms with Crippen LogP contribution in [0.3, 0.4) is 0 Å². The molecule has 0 fully saturated rings. The van der Waals surface area contributed by atoms with Crippen molar-refractivity contribution < 1.29 is 9.90 Å². The van der Waals surface area contributed by atoms with Gasteiger partial charge in [-0.15, -0.1) is 11.3 Å². The highest BCUT2D eigenvalue weighted by atomic mass is 32.1. The summed E-state index contributed by atoms with van der Waals surface area (Å²) < 4.78 is 0. The minimum atomic E-state index is -0.873. The van der Waals surface area contributed by atoms with Crippen molar-refractivity contribution in [1.29, 1.82) is 0 Å². The number of hydrogen-bond donors (Lipinski definition) is 2. The highest BCUT2D eigenvalue weighted by Gasteiger charge is 2.38. The van der Waals surface area contributed by atoms with E-state index >= 15 is 0 Å². The standard InChI is InChI=1S/C11H18N2O2S/c1-8(2)3-11(6-12,10(14)15)4-9-5-16-7-13-9/h5,7-8H,3-4,6,12H2,1-2H3,(H,14,15). The van der Waals surface area contributed by atoms with Crippen LogP contribution in [0.4, 0.5) is 0 Å². The summed E-state index contributed by atoms with van der Waals surface area (Å²) in [6.45, 7) is 4.17. The molecule has 0 amide bonds. The second-order valence-corrected chi connectivity index (χ2v) is 5.26. The lowest BCUT2D eigenvalue weighted by Crippen LogP contribution is -2.41. The van der Waals surface area contributed by atoms with Crippen molar-refractivity contribution in [1.82, 2.24) is 4.98 Å². The van der Waals surface area contributed by atoms with Gasteiger partial charge in [-0.05, 0) is 12.3 Å². The molecule has 4 nitrogen and oxygen atoms in total. The average Bonchev–Trinajstić information content (AvgIpc) is 2.68. The number of nitrogens with two attached hydrogens (primary N) is 1. The van der Waals surface area contributed by atoms with Crippen molar-refractivity contribution in [3.63, 3.8) is 0 Å². The van der Waals surface area contributed by atoms with Gasteiger partial charge in [0.05, 0.1) is 16.6 Å². The van der Waals surface area contributed by atoms with E-state index in [1.165, 1.54) is 11.3 Å². The second kappa shape index (κ2) is 5.41. The number of rotatable bonds is 6. The lowest BCUT2D eigenvalue weighted by molar-refractivity contribution is -0.149. The maximum Gasteiger partial charge on any atom is 0.311 e. The monoisotopic (exact) mass is 242 g/mol. The van der Waals surface area contributed by atoms with Crippen LogP contribution in [-0.2, 0) is 11.2 Å². The molecule has 3 N–H and O–H groups in total. The lowest BCUT2D eigenvalue weighted by atomic mass is 9.76. The number of thiazole rings is 1. The summed E-state index contributed by atoms with van der Waals surface area (Å²) in [7, 11) is 0. The largest absolute Gasteiger partial charge is 0.481 e. The van der Waals surface area contributed by atoms with Crippen LogP contribution in [0, 0.1) is 11.3 Å². The summed E-state index contributed by atoms with van der Waals surface area (Å²) >= 11 is 1.48. The Labute approximate surface area is 99.5 Å². The predicted molar refractivity (Wildman–Crippen MR) is 64.4 cm³/mol. The number of hydrogen-bond acceptors (Lipinski definition) is 4. The normalized spacial score (nSPS) is 15.0. The van der Waals surface area contributed by atoms with Gasteiger partial charge in [-0.2, -0.15) is 0 Å². The minimum absolute atomic E-state index is 0.151. The van der Waals surface area contributed by atoms with E-state index in [2.05, 4.69) is 4.98 Å². The van der Waals surface area contributed by atoms with Gasteiger partial charge in [0.2, 0.25) is 0 Å². The fourth-order valence-electron chi connectivity index (χ4n) is 1.93. The number of nitrogens with zero attached hydrogens (tertiary/aromatic N) is 1. The molecule has 0 saturated carbocycles. The second-order valence-electron chi connectivity index (χ2n) is 4.54. The van der Waals surface area contributed by atoms with Gasteiger partial charge in [-0.3, -0.25) is 4.79 Å². The Morgan fingerprint density at radius 3 is 2.75 bits per heavy atom. The molecule has 0 bridgehead atoms. The number of aromatic nitrogens is 1. The van der Waals surface area contributed by atoms with Crippen LogP contribution in [0.2, 0.25) is 0 Å². The van der Waals surface area contributed by atoms with Crippen LogP contribution in [-0.4, -0.2) is 22.6 Å². The SMILES string of the molecule is CC(C)CC(CN)(Cc1cscn1)C(=O)O. The molecule has 0 aliphatic heterocycles. The van der Waals surface area contributed by atoms with E-state index in [1.54, 1.807) is 5.51 Å². The molecule has 1 heterocycles. The van der Waals surface area contributed by atoms with Gasteiger partial charge < -0.3 is 10.8 Å². The molecule has 1 aromatic rings. The van der Waals surface area contributed by atoms with E-state index in [-0.39, 0.29) is 6.54 Å². The first-order valence-corrected chi connectivity index (χ1v) is 6.25. The maximum absolute atomic E-state index is 11.4. The summed E-state index contributed by atoms with van der Waals surface area (Å²) in [6.07, 6.45) is 0.997. The molecular weight excluding hydrogens is 224 g/mol. The van der Waals surface area contributed by atoms with Gasteiger partial charge in [-0.1, -0.05) is 13.8 Å². The zero-order chi connectivity index (χ0) is 12.2. The number of carboxylic acid groups (broad SMARTS) is 1. The molecule has 1 atom stereocenters. The molecule has 1 unspecified atom stereocenters. The third-order valence-electron chi connectivity index (χ3n) is 2.65. The predicted octanol–water partition coefficient (Wildman–Crippen LogP) is 1.76. The van der Waals surface area contributed by atoms with Crippen molar-refractivity contribution in [3.05, 3.63) is 16.6 Å². The van der Waals surface area contributed by atoms with Gasteiger partial charge in [0.1, 0.15) is 0 Å². The van der Waals surface area contributed by atoms with Crippen molar-refractivity contribution in [2.75, 3.05) is 6.54 Å². The van der Waals surface area contributed by atoms with Crippen molar-refractivity contribution >= 4 is 17.3 Å². The Bertz CT molecular complexity index is 338. The van der Waals surface area contributed by atoms with E-state index in [9.17, 15) is 9.90 Å². The van der Waals surface area contributed by atoms with E-state index in [4.69, 9.17) is 5.73 Å². The van der Waals surface area contributed by atoms with Crippen molar-refractivity contribution in [2.45, 2.75) is 26.7 Å². The van der Waals surface area contributed by atoms with Gasteiger partial charge >= 0.3 is 5.97 Å². The number of carbonyl (C=O) groups is 1. The highest BCUT2D eigenvalue weighted by Crippen LogP contribution is 2.30. The van der Waals surface area contributed by atoms with Gasteiger partial charge in [0.25, 0.3) is 0 Å². The molecule has 1 rings (SSSR count). The molecule has 0 saturated heterocycles. The summed E-state index contributed by atoms with van der Waals surface area (Å²) in [5.74, 6) is -0.519.